The molecule has 0 radical (unpaired) electrons. The Bertz CT molecular complexity index is 1500. The molecule has 5 rings (SSSR count). The number of aromatic nitrogens is 3. The quantitative estimate of drug-likeness (QED) is 0.357. The van der Waals surface area contributed by atoms with Gasteiger partial charge in [0.05, 0.1) is 16.6 Å². The Morgan fingerprint density at radius 3 is 2.66 bits per heavy atom. The van der Waals surface area contributed by atoms with Crippen LogP contribution in [0.2, 0.25) is 0 Å². The average molecular weight is 487 g/mol. The molecule has 0 unspecified atom stereocenters. The van der Waals surface area contributed by atoms with Crippen LogP contribution in [-0.2, 0) is 12.8 Å². The Morgan fingerprint density at radius 2 is 1.81 bits per heavy atom. The van der Waals surface area contributed by atoms with Crippen LogP contribution in [-0.4, -0.2) is 28.6 Å². The summed E-state index contributed by atoms with van der Waals surface area (Å²) in [5.41, 5.74) is 4.87. The van der Waals surface area contributed by atoms with E-state index in [0.29, 0.717) is 11.8 Å². The maximum Gasteiger partial charge on any atom is 0.265 e. The van der Waals surface area contributed by atoms with Crippen LogP contribution in [0.25, 0.3) is 27.5 Å². The van der Waals surface area contributed by atoms with Gasteiger partial charge in [0.15, 0.2) is 0 Å². The zero-order valence-electron chi connectivity index (χ0n) is 18.0. The summed E-state index contributed by atoms with van der Waals surface area (Å²) in [5, 5.41) is 1.81. The number of aryl methyl sites for hydroxylation is 2. The SMILES string of the molecule is CN(C)c1cccc(-n2c(CCc3c[nH]c4ccc(Br)cc34)nc3ccccc3c2=O)c1. The van der Waals surface area contributed by atoms with Gasteiger partial charge in [-0.05, 0) is 60.5 Å². The lowest BCUT2D eigenvalue weighted by atomic mass is 10.1. The Hall–Kier alpha value is -3.38. The number of hydrogen-bond acceptors (Lipinski definition) is 3. The number of halogens is 1. The molecule has 5 nitrogen and oxygen atoms in total. The van der Waals surface area contributed by atoms with Crippen molar-refractivity contribution in [1.82, 2.24) is 14.5 Å². The summed E-state index contributed by atoms with van der Waals surface area (Å²) in [7, 11) is 3.99. The second-order valence-corrected chi connectivity index (χ2v) is 9.02. The van der Waals surface area contributed by atoms with Gasteiger partial charge < -0.3 is 9.88 Å². The lowest BCUT2D eigenvalue weighted by molar-refractivity contribution is 0.791. The number of anilines is 1. The fourth-order valence-electron chi connectivity index (χ4n) is 4.13. The molecule has 2 aromatic heterocycles. The molecule has 0 saturated heterocycles. The normalized spacial score (nSPS) is 11.3. The molecule has 160 valence electrons. The minimum Gasteiger partial charge on any atom is -0.378 e. The lowest BCUT2D eigenvalue weighted by Crippen LogP contribution is -2.24. The molecule has 5 aromatic rings. The summed E-state index contributed by atoms with van der Waals surface area (Å²) in [6, 6.07) is 21.8. The minimum atomic E-state index is -0.0387. The molecule has 0 aliphatic carbocycles. The third-order valence-corrected chi connectivity index (χ3v) is 6.29. The fraction of sp³-hybridized carbons (Fsp3) is 0.154. The highest BCUT2D eigenvalue weighted by Crippen LogP contribution is 2.25. The van der Waals surface area contributed by atoms with E-state index < -0.39 is 0 Å². The van der Waals surface area contributed by atoms with E-state index in [4.69, 9.17) is 4.98 Å². The van der Waals surface area contributed by atoms with Crippen molar-refractivity contribution in [2.24, 2.45) is 0 Å². The summed E-state index contributed by atoms with van der Waals surface area (Å²) < 4.78 is 2.81. The zero-order chi connectivity index (χ0) is 22.2. The summed E-state index contributed by atoms with van der Waals surface area (Å²) >= 11 is 3.57. The molecule has 3 aromatic carbocycles. The molecule has 0 fully saturated rings. The van der Waals surface area contributed by atoms with Crippen molar-refractivity contribution in [3.05, 3.63) is 99.1 Å². The number of nitrogens with zero attached hydrogens (tertiary/aromatic N) is 3. The average Bonchev–Trinajstić information content (AvgIpc) is 3.20. The highest BCUT2D eigenvalue weighted by Gasteiger charge is 2.14. The molecule has 1 N–H and O–H groups in total. The molecule has 0 spiro atoms. The van der Waals surface area contributed by atoms with Crippen LogP contribution < -0.4 is 10.5 Å². The van der Waals surface area contributed by atoms with Crippen molar-refractivity contribution in [3.8, 4) is 5.69 Å². The van der Waals surface area contributed by atoms with E-state index in [2.05, 4.69) is 33.0 Å². The molecule has 6 heteroatoms. The van der Waals surface area contributed by atoms with E-state index in [-0.39, 0.29) is 5.56 Å². The number of benzene rings is 3. The summed E-state index contributed by atoms with van der Waals surface area (Å²) in [6.45, 7) is 0. The van der Waals surface area contributed by atoms with Gasteiger partial charge in [0.1, 0.15) is 5.82 Å². The number of fused-ring (bicyclic) bond motifs is 2. The van der Waals surface area contributed by atoms with Crippen molar-refractivity contribution >= 4 is 43.4 Å². The molecule has 0 aliphatic rings. The Labute approximate surface area is 194 Å². The van der Waals surface area contributed by atoms with Crippen molar-refractivity contribution in [1.29, 1.82) is 0 Å². The molecular weight excluding hydrogens is 464 g/mol. The van der Waals surface area contributed by atoms with E-state index in [0.717, 1.165) is 39.1 Å². The van der Waals surface area contributed by atoms with Gasteiger partial charge in [-0.15, -0.1) is 0 Å². The molecule has 32 heavy (non-hydrogen) atoms. The number of H-pyrrole nitrogens is 1. The lowest BCUT2D eigenvalue weighted by Gasteiger charge is -2.17. The first-order chi connectivity index (χ1) is 15.5. The molecule has 2 heterocycles. The van der Waals surface area contributed by atoms with Gasteiger partial charge in [-0.2, -0.15) is 0 Å². The zero-order valence-corrected chi connectivity index (χ0v) is 19.6. The van der Waals surface area contributed by atoms with Crippen LogP contribution >= 0.6 is 15.9 Å². The van der Waals surface area contributed by atoms with Gasteiger partial charge in [-0.1, -0.05) is 34.1 Å². The van der Waals surface area contributed by atoms with Gasteiger partial charge in [0, 0.05) is 47.8 Å². The summed E-state index contributed by atoms with van der Waals surface area (Å²) in [5.74, 6) is 0.758. The van der Waals surface area contributed by atoms with Crippen LogP contribution in [0.5, 0.6) is 0 Å². The van der Waals surface area contributed by atoms with Crippen molar-refractivity contribution in [2.45, 2.75) is 12.8 Å². The molecule has 0 amide bonds. The molecular formula is C26H23BrN4O. The molecule has 0 saturated carbocycles. The monoisotopic (exact) mass is 486 g/mol. The number of rotatable bonds is 5. The minimum absolute atomic E-state index is 0.0387. The smallest absolute Gasteiger partial charge is 0.265 e. The number of nitrogens with one attached hydrogen (secondary N) is 1. The largest absolute Gasteiger partial charge is 0.378 e. The third-order valence-electron chi connectivity index (χ3n) is 5.80. The van der Waals surface area contributed by atoms with Crippen LogP contribution in [0.4, 0.5) is 5.69 Å². The topological polar surface area (TPSA) is 53.9 Å². The first-order valence-corrected chi connectivity index (χ1v) is 11.3. The van der Waals surface area contributed by atoms with Crippen molar-refractivity contribution in [2.75, 3.05) is 19.0 Å². The van der Waals surface area contributed by atoms with Gasteiger partial charge in [0.25, 0.3) is 5.56 Å². The summed E-state index contributed by atoms with van der Waals surface area (Å²) in [6.07, 6.45) is 3.47. The van der Waals surface area contributed by atoms with Crippen LogP contribution in [0.3, 0.4) is 0 Å². The second kappa shape index (κ2) is 8.28. The third kappa shape index (κ3) is 3.71. The van der Waals surface area contributed by atoms with Crippen LogP contribution in [0, 0.1) is 0 Å². The standard InChI is InChI=1S/C26H23BrN4O/c1-30(2)19-6-5-7-20(15-19)31-25(29-24-9-4-3-8-21(24)26(31)32)13-10-17-16-28-23-12-11-18(27)14-22(17)23/h3-9,11-12,14-16,28H,10,13H2,1-2H3. The van der Waals surface area contributed by atoms with Gasteiger partial charge >= 0.3 is 0 Å². The van der Waals surface area contributed by atoms with Crippen LogP contribution in [0.15, 0.2) is 82.2 Å². The van der Waals surface area contributed by atoms with Crippen LogP contribution in [0.1, 0.15) is 11.4 Å². The fourth-order valence-corrected chi connectivity index (χ4v) is 4.49. The van der Waals surface area contributed by atoms with Gasteiger partial charge in [0.2, 0.25) is 0 Å². The second-order valence-electron chi connectivity index (χ2n) is 8.10. The van der Waals surface area contributed by atoms with E-state index >= 15 is 0 Å². The number of hydrogen-bond donors (Lipinski definition) is 1. The van der Waals surface area contributed by atoms with E-state index in [9.17, 15) is 4.79 Å². The first kappa shape index (κ1) is 20.5. The van der Waals surface area contributed by atoms with Gasteiger partial charge in [-0.3, -0.25) is 9.36 Å². The number of aromatic amines is 1. The Kier molecular flexibility index (Phi) is 5.31. The molecule has 0 bridgehead atoms. The molecule has 0 atom stereocenters. The van der Waals surface area contributed by atoms with Crippen molar-refractivity contribution in [3.63, 3.8) is 0 Å². The maximum absolute atomic E-state index is 13.5. The summed E-state index contributed by atoms with van der Waals surface area (Å²) in [4.78, 5) is 23.8. The van der Waals surface area contributed by atoms with Crippen molar-refractivity contribution < 1.29 is 0 Å². The first-order valence-electron chi connectivity index (χ1n) is 10.6. The van der Waals surface area contributed by atoms with E-state index in [1.54, 1.807) is 4.57 Å². The highest BCUT2D eigenvalue weighted by atomic mass is 79.9. The van der Waals surface area contributed by atoms with Gasteiger partial charge in [-0.25, -0.2) is 4.98 Å². The maximum atomic E-state index is 13.5. The Balaban J connectivity index is 1.63. The highest BCUT2D eigenvalue weighted by molar-refractivity contribution is 9.10. The predicted molar refractivity (Wildman–Crippen MR) is 135 cm³/mol. The molecule has 0 aliphatic heterocycles. The van der Waals surface area contributed by atoms with E-state index in [1.165, 1.54) is 10.9 Å². The van der Waals surface area contributed by atoms with E-state index in [1.807, 2.05) is 79.8 Å². The Morgan fingerprint density at radius 1 is 0.969 bits per heavy atom. The predicted octanol–water partition coefficient (Wildman–Crippen LogP) is 5.48. The number of para-hydroxylation sites is 1.